The molecule has 0 bridgehead atoms. The van der Waals surface area contributed by atoms with E-state index < -0.39 is 5.41 Å². The van der Waals surface area contributed by atoms with Gasteiger partial charge in [0.25, 0.3) is 0 Å². The van der Waals surface area contributed by atoms with Gasteiger partial charge in [0.05, 0.1) is 13.2 Å². The van der Waals surface area contributed by atoms with Gasteiger partial charge in [-0.3, -0.25) is 0 Å². The van der Waals surface area contributed by atoms with E-state index in [9.17, 15) is 14.6 Å². The average Bonchev–Trinajstić information content (AvgIpc) is 2.46. The van der Waals surface area contributed by atoms with Gasteiger partial charge in [-0.25, -0.2) is 4.39 Å². The molecule has 2 aromatic carbocycles. The zero-order chi connectivity index (χ0) is 14.6. The minimum absolute atomic E-state index is 0.207. The van der Waals surface area contributed by atoms with E-state index in [-0.39, 0.29) is 19.0 Å². The van der Waals surface area contributed by atoms with Gasteiger partial charge in [0.15, 0.2) is 0 Å². The fourth-order valence-electron chi connectivity index (χ4n) is 2.29. The summed E-state index contributed by atoms with van der Waals surface area (Å²) >= 11 is 3.36. The molecule has 0 unspecified atom stereocenters. The molecule has 106 valence electrons. The van der Waals surface area contributed by atoms with E-state index >= 15 is 0 Å². The number of aliphatic hydroxyl groups is 2. The van der Waals surface area contributed by atoms with E-state index in [2.05, 4.69) is 15.9 Å². The van der Waals surface area contributed by atoms with Crippen molar-refractivity contribution in [2.75, 3.05) is 13.2 Å². The zero-order valence-corrected chi connectivity index (χ0v) is 12.5. The van der Waals surface area contributed by atoms with Crippen molar-refractivity contribution in [2.24, 2.45) is 0 Å². The van der Waals surface area contributed by atoms with Gasteiger partial charge in [0.1, 0.15) is 5.82 Å². The fraction of sp³-hybridized carbons (Fsp3) is 0.250. The minimum atomic E-state index is -0.811. The first-order chi connectivity index (χ1) is 9.59. The molecule has 0 spiro atoms. The number of halogens is 2. The molecule has 2 N–H and O–H groups in total. The quantitative estimate of drug-likeness (QED) is 0.879. The van der Waals surface area contributed by atoms with Crippen molar-refractivity contribution >= 4 is 15.9 Å². The van der Waals surface area contributed by atoms with Gasteiger partial charge in [-0.05, 0) is 41.8 Å². The van der Waals surface area contributed by atoms with E-state index in [4.69, 9.17) is 0 Å². The number of rotatable bonds is 5. The largest absolute Gasteiger partial charge is 0.395 e. The summed E-state index contributed by atoms with van der Waals surface area (Å²) in [5.41, 5.74) is 0.764. The van der Waals surface area contributed by atoms with Gasteiger partial charge < -0.3 is 10.2 Å². The molecule has 2 rings (SSSR count). The maximum atomic E-state index is 13.3. The molecule has 0 aliphatic carbocycles. The highest BCUT2D eigenvalue weighted by Gasteiger charge is 2.31. The molecule has 0 heterocycles. The van der Waals surface area contributed by atoms with E-state index in [1.165, 1.54) is 12.1 Å². The van der Waals surface area contributed by atoms with Crippen molar-refractivity contribution in [3.63, 3.8) is 0 Å². The Balaban J connectivity index is 2.36. The summed E-state index contributed by atoms with van der Waals surface area (Å²) in [5, 5.41) is 19.5. The second-order valence-corrected chi connectivity index (χ2v) is 5.83. The summed E-state index contributed by atoms with van der Waals surface area (Å²) in [4.78, 5) is 0. The second kappa shape index (κ2) is 6.48. The van der Waals surface area contributed by atoms with Gasteiger partial charge in [0.2, 0.25) is 0 Å². The molecule has 2 aromatic rings. The van der Waals surface area contributed by atoms with Crippen molar-refractivity contribution in [3.05, 3.63) is 69.9 Å². The van der Waals surface area contributed by atoms with Crippen LogP contribution in [0.5, 0.6) is 0 Å². The molecule has 20 heavy (non-hydrogen) atoms. The third-order valence-electron chi connectivity index (χ3n) is 3.49. The highest BCUT2D eigenvalue weighted by molar-refractivity contribution is 9.10. The summed E-state index contributed by atoms with van der Waals surface area (Å²) in [6, 6.07) is 13.7. The van der Waals surface area contributed by atoms with Crippen LogP contribution in [0.15, 0.2) is 53.0 Å². The predicted octanol–water partition coefficient (Wildman–Crippen LogP) is 3.05. The first-order valence-electron chi connectivity index (χ1n) is 6.32. The van der Waals surface area contributed by atoms with Crippen LogP contribution in [0.4, 0.5) is 4.39 Å². The lowest BCUT2D eigenvalue weighted by molar-refractivity contribution is 0.116. The fourth-order valence-corrected chi connectivity index (χ4v) is 2.55. The Hall–Kier alpha value is -1.23. The Morgan fingerprint density at radius 3 is 2.20 bits per heavy atom. The number of hydrogen-bond acceptors (Lipinski definition) is 2. The first-order valence-corrected chi connectivity index (χ1v) is 7.11. The number of aliphatic hydroxyl groups excluding tert-OH is 2. The third-order valence-corrected chi connectivity index (χ3v) is 4.02. The van der Waals surface area contributed by atoms with Crippen LogP contribution in [0.25, 0.3) is 0 Å². The summed E-state index contributed by atoms with van der Waals surface area (Å²) in [6.07, 6.45) is 0.374. The highest BCUT2D eigenvalue weighted by atomic mass is 79.9. The normalized spacial score (nSPS) is 11.6. The molecule has 0 fully saturated rings. The maximum Gasteiger partial charge on any atom is 0.123 e. The molecule has 0 amide bonds. The van der Waals surface area contributed by atoms with Crippen LogP contribution >= 0.6 is 15.9 Å². The maximum absolute atomic E-state index is 13.3. The molecule has 0 radical (unpaired) electrons. The number of benzene rings is 2. The second-order valence-electron chi connectivity index (χ2n) is 4.91. The van der Waals surface area contributed by atoms with Gasteiger partial charge >= 0.3 is 0 Å². The zero-order valence-electron chi connectivity index (χ0n) is 10.9. The van der Waals surface area contributed by atoms with Crippen molar-refractivity contribution in [2.45, 2.75) is 11.8 Å². The van der Waals surface area contributed by atoms with Crippen LogP contribution in [0, 0.1) is 5.82 Å². The molecule has 0 aromatic heterocycles. The van der Waals surface area contributed by atoms with Gasteiger partial charge in [-0.15, -0.1) is 0 Å². The van der Waals surface area contributed by atoms with Gasteiger partial charge in [0, 0.05) is 9.89 Å². The van der Waals surface area contributed by atoms with E-state index in [1.807, 2.05) is 24.3 Å². The lowest BCUT2D eigenvalue weighted by atomic mass is 9.77. The molecular weight excluding hydrogens is 323 g/mol. The van der Waals surface area contributed by atoms with Crippen molar-refractivity contribution in [1.29, 1.82) is 0 Å². The summed E-state index contributed by atoms with van der Waals surface area (Å²) in [7, 11) is 0. The molecule has 0 saturated heterocycles. The monoisotopic (exact) mass is 338 g/mol. The molecule has 0 saturated carbocycles. The van der Waals surface area contributed by atoms with Crippen LogP contribution in [0.3, 0.4) is 0 Å². The van der Waals surface area contributed by atoms with Crippen LogP contribution in [0.2, 0.25) is 0 Å². The summed E-state index contributed by atoms with van der Waals surface area (Å²) in [6.45, 7) is -0.413. The average molecular weight is 339 g/mol. The van der Waals surface area contributed by atoms with Crippen LogP contribution < -0.4 is 0 Å². The van der Waals surface area contributed by atoms with E-state index in [1.54, 1.807) is 12.1 Å². The van der Waals surface area contributed by atoms with Crippen LogP contribution in [-0.4, -0.2) is 23.4 Å². The molecule has 2 nitrogen and oxygen atoms in total. The molecule has 0 aliphatic heterocycles. The Kier molecular flexibility index (Phi) is 4.91. The Bertz CT molecular complexity index is 565. The molecular formula is C16H16BrFO2. The van der Waals surface area contributed by atoms with Crippen molar-refractivity contribution < 1.29 is 14.6 Å². The lowest BCUT2D eigenvalue weighted by Gasteiger charge is -2.30. The SMILES string of the molecule is OCC(CO)(Cc1cccc(F)c1)c1ccc(Br)cc1. The lowest BCUT2D eigenvalue weighted by Crippen LogP contribution is -2.37. The summed E-state index contributed by atoms with van der Waals surface area (Å²) in [5.74, 6) is -0.317. The first kappa shape index (κ1) is 15.2. The van der Waals surface area contributed by atoms with E-state index in [0.717, 1.165) is 15.6 Å². The van der Waals surface area contributed by atoms with Crippen LogP contribution in [0.1, 0.15) is 11.1 Å². The smallest absolute Gasteiger partial charge is 0.123 e. The topological polar surface area (TPSA) is 40.5 Å². The third kappa shape index (κ3) is 3.26. The van der Waals surface area contributed by atoms with E-state index in [0.29, 0.717) is 6.42 Å². The Morgan fingerprint density at radius 2 is 1.65 bits per heavy atom. The standard InChI is InChI=1S/C16H16BrFO2/c17-14-6-4-13(5-7-14)16(10-19,11-20)9-12-2-1-3-15(18)8-12/h1-8,19-20H,9-11H2. The highest BCUT2D eigenvalue weighted by Crippen LogP contribution is 2.29. The Labute approximate surface area is 126 Å². The summed E-state index contributed by atoms with van der Waals surface area (Å²) < 4.78 is 14.2. The van der Waals surface area contributed by atoms with Crippen molar-refractivity contribution in [1.82, 2.24) is 0 Å². The number of hydrogen-bond donors (Lipinski definition) is 2. The predicted molar refractivity (Wildman–Crippen MR) is 80.1 cm³/mol. The molecule has 0 aliphatic rings. The molecule has 4 heteroatoms. The van der Waals surface area contributed by atoms with Gasteiger partial charge in [-0.1, -0.05) is 40.2 Å². The Morgan fingerprint density at radius 1 is 1.00 bits per heavy atom. The minimum Gasteiger partial charge on any atom is -0.395 e. The molecule has 0 atom stereocenters. The van der Waals surface area contributed by atoms with Crippen molar-refractivity contribution in [3.8, 4) is 0 Å². The van der Waals surface area contributed by atoms with Crippen LogP contribution in [-0.2, 0) is 11.8 Å². The van der Waals surface area contributed by atoms with Gasteiger partial charge in [-0.2, -0.15) is 0 Å².